The van der Waals surface area contributed by atoms with Crippen molar-refractivity contribution in [2.75, 3.05) is 13.1 Å². The lowest BCUT2D eigenvalue weighted by atomic mass is 9.84. The molecule has 0 bridgehead atoms. The Morgan fingerprint density at radius 3 is 2.47 bits per heavy atom. The molecule has 2 rings (SSSR count). The van der Waals surface area contributed by atoms with Gasteiger partial charge in [0.1, 0.15) is 0 Å². The number of hydrogen-bond donors (Lipinski definition) is 2. The van der Waals surface area contributed by atoms with E-state index in [1.54, 1.807) is 0 Å². The first-order valence-corrected chi connectivity index (χ1v) is 6.28. The molecule has 3 heteroatoms. The molecule has 15 heavy (non-hydrogen) atoms. The molecule has 2 N–H and O–H groups in total. The second kappa shape index (κ2) is 4.97. The van der Waals surface area contributed by atoms with Gasteiger partial charge in [-0.25, -0.2) is 0 Å². The molecule has 1 amide bonds. The van der Waals surface area contributed by atoms with Crippen molar-refractivity contribution in [2.45, 2.75) is 45.1 Å². The van der Waals surface area contributed by atoms with Crippen LogP contribution in [0.2, 0.25) is 0 Å². The van der Waals surface area contributed by atoms with Gasteiger partial charge in [0.05, 0.1) is 5.92 Å². The number of hydrogen-bond acceptors (Lipinski definition) is 2. The molecule has 0 aromatic rings. The highest BCUT2D eigenvalue weighted by atomic mass is 16.2. The maximum Gasteiger partial charge on any atom is 0.225 e. The van der Waals surface area contributed by atoms with Gasteiger partial charge in [0, 0.05) is 19.1 Å². The fraction of sp³-hybridized carbons (Fsp3) is 0.917. The third-order valence-corrected chi connectivity index (χ3v) is 3.88. The molecule has 86 valence electrons. The summed E-state index contributed by atoms with van der Waals surface area (Å²) in [6.45, 7) is 3.90. The lowest BCUT2D eigenvalue weighted by Crippen LogP contribution is -2.53. The van der Waals surface area contributed by atoms with E-state index >= 15 is 0 Å². The molecular formula is C12H22N2O. The fourth-order valence-electron chi connectivity index (χ4n) is 2.57. The standard InChI is InChI=1S/C12H22N2O/c1-9(10-5-3-2-4-6-10)14-12(15)11-7-13-8-11/h9-11,13H,2-8H2,1H3,(H,14,15)/t9-/m1/s1. The monoisotopic (exact) mass is 210 g/mol. The van der Waals surface area contributed by atoms with Crippen molar-refractivity contribution in [1.29, 1.82) is 0 Å². The molecule has 2 fully saturated rings. The van der Waals surface area contributed by atoms with Gasteiger partial charge in [-0.2, -0.15) is 0 Å². The molecule has 0 radical (unpaired) electrons. The molecule has 1 saturated carbocycles. The zero-order chi connectivity index (χ0) is 10.7. The third-order valence-electron chi connectivity index (χ3n) is 3.88. The van der Waals surface area contributed by atoms with Crippen LogP contribution in [-0.4, -0.2) is 25.0 Å². The van der Waals surface area contributed by atoms with Crippen LogP contribution in [0.25, 0.3) is 0 Å². The predicted octanol–water partition coefficient (Wildman–Crippen LogP) is 1.29. The summed E-state index contributed by atoms with van der Waals surface area (Å²) in [5.41, 5.74) is 0. The Morgan fingerprint density at radius 2 is 1.93 bits per heavy atom. The summed E-state index contributed by atoms with van der Waals surface area (Å²) in [4.78, 5) is 11.7. The smallest absolute Gasteiger partial charge is 0.225 e. The first-order valence-electron chi connectivity index (χ1n) is 6.28. The summed E-state index contributed by atoms with van der Waals surface area (Å²) < 4.78 is 0. The lowest BCUT2D eigenvalue weighted by molar-refractivity contribution is -0.127. The molecule has 0 spiro atoms. The summed E-state index contributed by atoms with van der Waals surface area (Å²) in [7, 11) is 0. The van der Waals surface area contributed by atoms with Crippen LogP contribution in [0, 0.1) is 11.8 Å². The van der Waals surface area contributed by atoms with E-state index in [9.17, 15) is 4.79 Å². The van der Waals surface area contributed by atoms with E-state index < -0.39 is 0 Å². The van der Waals surface area contributed by atoms with Gasteiger partial charge in [-0.3, -0.25) is 4.79 Å². The minimum Gasteiger partial charge on any atom is -0.353 e. The van der Waals surface area contributed by atoms with Crippen LogP contribution in [0.1, 0.15) is 39.0 Å². The molecule has 1 atom stereocenters. The molecule has 0 unspecified atom stereocenters. The minimum absolute atomic E-state index is 0.232. The first-order chi connectivity index (χ1) is 7.27. The van der Waals surface area contributed by atoms with Gasteiger partial charge in [0.2, 0.25) is 5.91 Å². The van der Waals surface area contributed by atoms with Crippen molar-refractivity contribution < 1.29 is 4.79 Å². The van der Waals surface area contributed by atoms with Gasteiger partial charge in [-0.1, -0.05) is 19.3 Å². The van der Waals surface area contributed by atoms with Gasteiger partial charge in [-0.15, -0.1) is 0 Å². The molecular weight excluding hydrogens is 188 g/mol. The fourth-order valence-corrected chi connectivity index (χ4v) is 2.57. The highest BCUT2D eigenvalue weighted by molar-refractivity contribution is 5.80. The van der Waals surface area contributed by atoms with E-state index in [0.717, 1.165) is 19.0 Å². The second-order valence-corrected chi connectivity index (χ2v) is 5.05. The van der Waals surface area contributed by atoms with Crippen molar-refractivity contribution in [1.82, 2.24) is 10.6 Å². The van der Waals surface area contributed by atoms with Crippen LogP contribution in [-0.2, 0) is 4.79 Å². The van der Waals surface area contributed by atoms with E-state index in [2.05, 4.69) is 17.6 Å². The molecule has 2 aliphatic rings. The van der Waals surface area contributed by atoms with Crippen LogP contribution >= 0.6 is 0 Å². The molecule has 0 aromatic heterocycles. The second-order valence-electron chi connectivity index (χ2n) is 5.05. The van der Waals surface area contributed by atoms with Crippen molar-refractivity contribution in [2.24, 2.45) is 11.8 Å². The molecule has 1 aliphatic carbocycles. The van der Waals surface area contributed by atoms with Gasteiger partial charge >= 0.3 is 0 Å². The van der Waals surface area contributed by atoms with Crippen LogP contribution in [0.5, 0.6) is 0 Å². The Balaban J connectivity index is 1.74. The summed E-state index contributed by atoms with van der Waals surface area (Å²) in [5.74, 6) is 1.21. The van der Waals surface area contributed by atoms with E-state index in [1.807, 2.05) is 0 Å². The minimum atomic E-state index is 0.232. The number of carbonyl (C=O) groups excluding carboxylic acids is 1. The van der Waals surface area contributed by atoms with Crippen LogP contribution in [0.3, 0.4) is 0 Å². The van der Waals surface area contributed by atoms with E-state index in [1.165, 1.54) is 32.1 Å². The Kier molecular flexibility index (Phi) is 3.62. The normalized spacial score (nSPS) is 25.7. The first kappa shape index (κ1) is 10.9. The predicted molar refractivity (Wildman–Crippen MR) is 60.5 cm³/mol. The largest absolute Gasteiger partial charge is 0.353 e. The van der Waals surface area contributed by atoms with Crippen LogP contribution < -0.4 is 10.6 Å². The summed E-state index contributed by atoms with van der Waals surface area (Å²) in [6.07, 6.45) is 6.66. The lowest BCUT2D eigenvalue weighted by Gasteiger charge is -2.32. The summed E-state index contributed by atoms with van der Waals surface area (Å²) >= 11 is 0. The van der Waals surface area contributed by atoms with E-state index in [4.69, 9.17) is 0 Å². The zero-order valence-electron chi connectivity index (χ0n) is 9.59. The highest BCUT2D eigenvalue weighted by Crippen LogP contribution is 2.26. The van der Waals surface area contributed by atoms with Crippen molar-refractivity contribution >= 4 is 5.91 Å². The Labute approximate surface area is 92.0 Å². The summed E-state index contributed by atoms with van der Waals surface area (Å²) in [5, 5.41) is 6.31. The van der Waals surface area contributed by atoms with Crippen molar-refractivity contribution in [3.05, 3.63) is 0 Å². The third kappa shape index (κ3) is 2.71. The Bertz CT molecular complexity index is 220. The maximum absolute atomic E-state index is 11.7. The zero-order valence-corrected chi connectivity index (χ0v) is 9.59. The maximum atomic E-state index is 11.7. The molecule has 0 aromatic carbocycles. The van der Waals surface area contributed by atoms with Gasteiger partial charge in [0.25, 0.3) is 0 Å². The van der Waals surface area contributed by atoms with Gasteiger partial charge < -0.3 is 10.6 Å². The Hall–Kier alpha value is -0.570. The average Bonchev–Trinajstić information content (AvgIpc) is 2.16. The van der Waals surface area contributed by atoms with Crippen molar-refractivity contribution in [3.63, 3.8) is 0 Å². The van der Waals surface area contributed by atoms with E-state index in [-0.39, 0.29) is 11.8 Å². The van der Waals surface area contributed by atoms with Gasteiger partial charge in [0.15, 0.2) is 0 Å². The van der Waals surface area contributed by atoms with Crippen LogP contribution in [0.15, 0.2) is 0 Å². The SMILES string of the molecule is C[C@@H](NC(=O)C1CNC1)C1CCCCC1. The number of nitrogens with one attached hydrogen (secondary N) is 2. The van der Waals surface area contributed by atoms with Crippen molar-refractivity contribution in [3.8, 4) is 0 Å². The topological polar surface area (TPSA) is 41.1 Å². The summed E-state index contributed by atoms with van der Waals surface area (Å²) in [6, 6.07) is 0.374. The molecule has 3 nitrogen and oxygen atoms in total. The average molecular weight is 210 g/mol. The van der Waals surface area contributed by atoms with E-state index in [0.29, 0.717) is 6.04 Å². The Morgan fingerprint density at radius 1 is 1.27 bits per heavy atom. The highest BCUT2D eigenvalue weighted by Gasteiger charge is 2.28. The number of amides is 1. The van der Waals surface area contributed by atoms with Gasteiger partial charge in [-0.05, 0) is 25.7 Å². The molecule has 1 aliphatic heterocycles. The number of carbonyl (C=O) groups is 1. The molecule has 1 heterocycles. The quantitative estimate of drug-likeness (QED) is 0.737. The molecule has 1 saturated heterocycles. The number of rotatable bonds is 3. The van der Waals surface area contributed by atoms with Crippen LogP contribution in [0.4, 0.5) is 0 Å².